The summed E-state index contributed by atoms with van der Waals surface area (Å²) in [6.07, 6.45) is 1.14. The number of rotatable bonds is 5. The van der Waals surface area contributed by atoms with E-state index in [1.54, 1.807) is 11.3 Å². The lowest BCUT2D eigenvalue weighted by atomic mass is 9.85. The van der Waals surface area contributed by atoms with Gasteiger partial charge < -0.3 is 5.32 Å². The summed E-state index contributed by atoms with van der Waals surface area (Å²) in [7, 11) is 0. The van der Waals surface area contributed by atoms with E-state index in [2.05, 4.69) is 74.1 Å². The average Bonchev–Trinajstić information content (AvgIpc) is 2.80. The zero-order chi connectivity index (χ0) is 14.6. The predicted molar refractivity (Wildman–Crippen MR) is 89.2 cm³/mol. The van der Waals surface area contributed by atoms with Gasteiger partial charge >= 0.3 is 0 Å². The fourth-order valence-corrected chi connectivity index (χ4v) is 3.26. The smallest absolute Gasteiger partial charge is 0.0328 e. The maximum absolute atomic E-state index is 3.74. The quantitative estimate of drug-likeness (QED) is 0.784. The fraction of sp³-hybridized carbons (Fsp3) is 0.444. The molecule has 0 bridgehead atoms. The number of nitrogens with one attached hydrogen (secondary N) is 1. The van der Waals surface area contributed by atoms with Crippen LogP contribution in [-0.4, -0.2) is 0 Å². The maximum atomic E-state index is 3.74. The molecule has 2 rings (SSSR count). The minimum atomic E-state index is 0.317. The standard InChI is InChI=1S/C18H25NS/c1-14-12-20-13-16(14)11-19-17(10-18(2,3)4)15-8-6-5-7-9-15/h5-9,12-13,17,19H,10-11H2,1-4H3. The summed E-state index contributed by atoms with van der Waals surface area (Å²) in [5.74, 6) is 0. The lowest BCUT2D eigenvalue weighted by molar-refractivity contribution is 0.310. The highest BCUT2D eigenvalue weighted by molar-refractivity contribution is 7.08. The molecule has 0 saturated carbocycles. The zero-order valence-electron chi connectivity index (χ0n) is 12.9. The molecule has 2 aromatic rings. The van der Waals surface area contributed by atoms with Crippen molar-refractivity contribution in [3.63, 3.8) is 0 Å². The molecule has 0 aliphatic carbocycles. The van der Waals surface area contributed by atoms with Gasteiger partial charge in [-0.05, 0) is 46.2 Å². The Morgan fingerprint density at radius 3 is 2.35 bits per heavy atom. The van der Waals surface area contributed by atoms with E-state index in [9.17, 15) is 0 Å². The Kier molecular flexibility index (Phi) is 5.00. The summed E-state index contributed by atoms with van der Waals surface area (Å²) in [6, 6.07) is 11.2. The van der Waals surface area contributed by atoms with Gasteiger partial charge in [-0.15, -0.1) is 0 Å². The molecule has 1 N–H and O–H groups in total. The highest BCUT2D eigenvalue weighted by Crippen LogP contribution is 2.29. The summed E-state index contributed by atoms with van der Waals surface area (Å²) in [5.41, 5.74) is 4.52. The molecule has 0 saturated heterocycles. The second kappa shape index (κ2) is 6.55. The third-order valence-corrected chi connectivity index (χ3v) is 4.43. The molecule has 1 atom stereocenters. The van der Waals surface area contributed by atoms with Gasteiger partial charge in [-0.2, -0.15) is 11.3 Å². The zero-order valence-corrected chi connectivity index (χ0v) is 13.8. The van der Waals surface area contributed by atoms with Crippen LogP contribution in [0.25, 0.3) is 0 Å². The van der Waals surface area contributed by atoms with Gasteiger partial charge in [0.25, 0.3) is 0 Å². The van der Waals surface area contributed by atoms with Crippen LogP contribution in [0.1, 0.15) is 49.9 Å². The Labute approximate surface area is 127 Å². The van der Waals surface area contributed by atoms with Gasteiger partial charge in [0.15, 0.2) is 0 Å². The molecule has 1 aromatic heterocycles. The van der Waals surface area contributed by atoms with Gasteiger partial charge in [0.2, 0.25) is 0 Å². The van der Waals surface area contributed by atoms with E-state index in [0.717, 1.165) is 13.0 Å². The first-order chi connectivity index (χ1) is 9.46. The molecule has 1 aromatic carbocycles. The first-order valence-corrected chi connectivity index (χ1v) is 8.20. The minimum absolute atomic E-state index is 0.317. The van der Waals surface area contributed by atoms with Crippen molar-refractivity contribution in [2.24, 2.45) is 5.41 Å². The van der Waals surface area contributed by atoms with Crippen LogP contribution in [0.4, 0.5) is 0 Å². The van der Waals surface area contributed by atoms with Crippen LogP contribution in [0.2, 0.25) is 0 Å². The van der Waals surface area contributed by atoms with Crippen LogP contribution in [0.3, 0.4) is 0 Å². The molecule has 1 nitrogen and oxygen atoms in total. The first-order valence-electron chi connectivity index (χ1n) is 7.26. The third kappa shape index (κ3) is 4.46. The molecule has 2 heteroatoms. The van der Waals surface area contributed by atoms with E-state index in [0.29, 0.717) is 11.5 Å². The number of aryl methyl sites for hydroxylation is 1. The van der Waals surface area contributed by atoms with Crippen LogP contribution in [0.5, 0.6) is 0 Å². The molecular weight excluding hydrogens is 262 g/mol. The van der Waals surface area contributed by atoms with E-state index in [1.807, 2.05) is 0 Å². The Bertz CT molecular complexity index is 522. The lowest BCUT2D eigenvalue weighted by Crippen LogP contribution is -2.25. The van der Waals surface area contributed by atoms with Gasteiger partial charge in [-0.1, -0.05) is 51.1 Å². The molecule has 0 radical (unpaired) electrons. The second-order valence-electron chi connectivity index (χ2n) is 6.69. The van der Waals surface area contributed by atoms with Gasteiger partial charge in [-0.3, -0.25) is 0 Å². The molecule has 0 spiro atoms. The summed E-state index contributed by atoms with van der Waals surface area (Å²) >= 11 is 1.79. The summed E-state index contributed by atoms with van der Waals surface area (Å²) in [5, 5.41) is 8.21. The van der Waals surface area contributed by atoms with E-state index in [4.69, 9.17) is 0 Å². The van der Waals surface area contributed by atoms with Crippen LogP contribution in [-0.2, 0) is 6.54 Å². The topological polar surface area (TPSA) is 12.0 Å². The Morgan fingerprint density at radius 2 is 1.80 bits per heavy atom. The molecule has 108 valence electrons. The summed E-state index contributed by atoms with van der Waals surface area (Å²) < 4.78 is 0. The van der Waals surface area contributed by atoms with Crippen LogP contribution >= 0.6 is 11.3 Å². The van der Waals surface area contributed by atoms with Crippen LogP contribution < -0.4 is 5.32 Å². The van der Waals surface area contributed by atoms with Crippen molar-refractivity contribution < 1.29 is 0 Å². The Hall–Kier alpha value is -1.12. The van der Waals surface area contributed by atoms with Crippen LogP contribution in [0, 0.1) is 12.3 Å². The van der Waals surface area contributed by atoms with E-state index in [1.165, 1.54) is 16.7 Å². The number of hydrogen-bond acceptors (Lipinski definition) is 2. The molecule has 0 fully saturated rings. The highest BCUT2D eigenvalue weighted by Gasteiger charge is 2.20. The average molecular weight is 287 g/mol. The number of hydrogen-bond donors (Lipinski definition) is 1. The molecule has 1 heterocycles. The second-order valence-corrected chi connectivity index (χ2v) is 7.43. The molecule has 0 amide bonds. The minimum Gasteiger partial charge on any atom is -0.306 e. The highest BCUT2D eigenvalue weighted by atomic mass is 32.1. The van der Waals surface area contributed by atoms with Crippen molar-refractivity contribution in [2.75, 3.05) is 0 Å². The number of thiophene rings is 1. The molecule has 0 aliphatic rings. The normalized spacial score (nSPS) is 13.4. The van der Waals surface area contributed by atoms with E-state index >= 15 is 0 Å². The lowest BCUT2D eigenvalue weighted by Gasteiger charge is -2.27. The van der Waals surface area contributed by atoms with Crippen molar-refractivity contribution in [3.8, 4) is 0 Å². The van der Waals surface area contributed by atoms with E-state index < -0.39 is 0 Å². The van der Waals surface area contributed by atoms with Crippen molar-refractivity contribution in [1.82, 2.24) is 5.32 Å². The molecular formula is C18H25NS. The number of benzene rings is 1. The summed E-state index contributed by atoms with van der Waals surface area (Å²) in [4.78, 5) is 0. The summed E-state index contributed by atoms with van der Waals surface area (Å²) in [6.45, 7) is 10.1. The van der Waals surface area contributed by atoms with Gasteiger partial charge in [0.1, 0.15) is 0 Å². The predicted octanol–water partition coefficient (Wildman–Crippen LogP) is 5.32. The third-order valence-electron chi connectivity index (χ3n) is 3.52. The molecule has 0 aliphatic heterocycles. The Balaban J connectivity index is 2.09. The van der Waals surface area contributed by atoms with Crippen molar-refractivity contribution in [2.45, 2.75) is 46.7 Å². The van der Waals surface area contributed by atoms with Crippen molar-refractivity contribution in [3.05, 3.63) is 57.8 Å². The van der Waals surface area contributed by atoms with Crippen molar-refractivity contribution in [1.29, 1.82) is 0 Å². The molecule has 20 heavy (non-hydrogen) atoms. The van der Waals surface area contributed by atoms with Crippen LogP contribution in [0.15, 0.2) is 41.1 Å². The fourth-order valence-electron chi connectivity index (χ4n) is 2.41. The maximum Gasteiger partial charge on any atom is 0.0328 e. The molecule has 1 unspecified atom stereocenters. The van der Waals surface area contributed by atoms with Gasteiger partial charge in [0, 0.05) is 12.6 Å². The van der Waals surface area contributed by atoms with Gasteiger partial charge in [-0.25, -0.2) is 0 Å². The van der Waals surface area contributed by atoms with Crippen molar-refractivity contribution >= 4 is 11.3 Å². The van der Waals surface area contributed by atoms with Gasteiger partial charge in [0.05, 0.1) is 0 Å². The first kappa shape index (κ1) is 15.3. The van der Waals surface area contributed by atoms with E-state index in [-0.39, 0.29) is 0 Å². The largest absolute Gasteiger partial charge is 0.306 e. The Morgan fingerprint density at radius 1 is 1.10 bits per heavy atom. The SMILES string of the molecule is Cc1cscc1CNC(CC(C)(C)C)c1ccccc1. The monoisotopic (exact) mass is 287 g/mol.